The summed E-state index contributed by atoms with van der Waals surface area (Å²) in [6.07, 6.45) is 3.02. The van der Waals surface area contributed by atoms with Crippen LogP contribution in [0.4, 0.5) is 5.69 Å². The van der Waals surface area contributed by atoms with Gasteiger partial charge in [0, 0.05) is 5.69 Å². The Kier molecular flexibility index (Phi) is 6.65. The Balaban J connectivity index is 0.00000220. The van der Waals surface area contributed by atoms with E-state index in [1.807, 2.05) is 6.92 Å². The van der Waals surface area contributed by atoms with Gasteiger partial charge >= 0.3 is 5.97 Å². The van der Waals surface area contributed by atoms with Crippen molar-refractivity contribution in [3.8, 4) is 0 Å². The van der Waals surface area contributed by atoms with Gasteiger partial charge in [0.05, 0.1) is 18.7 Å². The fourth-order valence-electron chi connectivity index (χ4n) is 2.33. The third kappa shape index (κ3) is 4.44. The summed E-state index contributed by atoms with van der Waals surface area (Å²) >= 11 is 0. The van der Waals surface area contributed by atoms with Gasteiger partial charge in [-0.1, -0.05) is 12.5 Å². The fourth-order valence-corrected chi connectivity index (χ4v) is 2.33. The first-order chi connectivity index (χ1) is 9.61. The molecule has 0 spiro atoms. The molecule has 2 N–H and O–H groups in total. The van der Waals surface area contributed by atoms with Crippen molar-refractivity contribution in [3.63, 3.8) is 0 Å². The third-order valence-electron chi connectivity index (χ3n) is 3.54. The number of carbonyl (C=O) groups excluding carboxylic acids is 2. The van der Waals surface area contributed by atoms with Crippen LogP contribution in [0, 0.1) is 6.92 Å². The fraction of sp³-hybridized carbons (Fsp3) is 0.467. The van der Waals surface area contributed by atoms with Crippen molar-refractivity contribution >= 4 is 30.0 Å². The number of aryl methyl sites for hydroxylation is 1. The maximum absolute atomic E-state index is 12.1. The lowest BCUT2D eigenvalue weighted by Crippen LogP contribution is -2.43. The van der Waals surface area contributed by atoms with Crippen LogP contribution in [-0.2, 0) is 9.53 Å². The second-order valence-electron chi connectivity index (χ2n) is 5.01. The van der Waals surface area contributed by atoms with E-state index in [-0.39, 0.29) is 24.4 Å². The van der Waals surface area contributed by atoms with Gasteiger partial charge in [0.2, 0.25) is 5.91 Å². The first-order valence-corrected chi connectivity index (χ1v) is 6.85. The number of carbonyl (C=O) groups is 2. The summed E-state index contributed by atoms with van der Waals surface area (Å²) in [6, 6.07) is 5.10. The Labute approximate surface area is 130 Å². The lowest BCUT2D eigenvalue weighted by Gasteiger charge is -2.22. The van der Waals surface area contributed by atoms with E-state index >= 15 is 0 Å². The van der Waals surface area contributed by atoms with Crippen LogP contribution in [0.15, 0.2) is 18.2 Å². The first-order valence-electron chi connectivity index (χ1n) is 6.85. The topological polar surface area (TPSA) is 67.4 Å². The van der Waals surface area contributed by atoms with Gasteiger partial charge < -0.3 is 15.4 Å². The highest BCUT2D eigenvalue weighted by Crippen LogP contribution is 2.17. The number of benzene rings is 1. The van der Waals surface area contributed by atoms with E-state index in [0.29, 0.717) is 11.3 Å². The summed E-state index contributed by atoms with van der Waals surface area (Å²) in [6.45, 7) is 2.71. The zero-order valence-electron chi connectivity index (χ0n) is 12.3. The number of halogens is 1. The van der Waals surface area contributed by atoms with Crippen molar-refractivity contribution < 1.29 is 14.3 Å². The van der Waals surface area contributed by atoms with Crippen LogP contribution in [0.5, 0.6) is 0 Å². The quantitative estimate of drug-likeness (QED) is 0.840. The summed E-state index contributed by atoms with van der Waals surface area (Å²) in [5.74, 6) is -0.446. The van der Waals surface area contributed by atoms with Crippen molar-refractivity contribution in [2.45, 2.75) is 32.2 Å². The second kappa shape index (κ2) is 8.00. The SMILES string of the molecule is COC(=O)c1cc(NC(=O)[C@H]2CCCCN2)ccc1C.Cl. The zero-order valence-corrected chi connectivity index (χ0v) is 13.1. The zero-order chi connectivity index (χ0) is 14.5. The van der Waals surface area contributed by atoms with Crippen LogP contribution >= 0.6 is 12.4 Å². The molecule has 1 aliphatic rings. The minimum atomic E-state index is -0.394. The number of nitrogens with one attached hydrogen (secondary N) is 2. The monoisotopic (exact) mass is 312 g/mol. The highest BCUT2D eigenvalue weighted by molar-refractivity contribution is 5.97. The molecule has 21 heavy (non-hydrogen) atoms. The predicted octanol–water partition coefficient (Wildman–Crippen LogP) is 2.28. The van der Waals surface area contributed by atoms with E-state index in [2.05, 4.69) is 10.6 Å². The van der Waals surface area contributed by atoms with Gasteiger partial charge in [0.25, 0.3) is 0 Å². The average Bonchev–Trinajstić information content (AvgIpc) is 2.49. The molecule has 1 fully saturated rings. The number of piperidine rings is 1. The molecular formula is C15H21ClN2O3. The summed E-state index contributed by atoms with van der Waals surface area (Å²) in [5.41, 5.74) is 1.92. The largest absolute Gasteiger partial charge is 0.465 e. The molecule has 1 saturated heterocycles. The first kappa shape index (κ1) is 17.5. The Bertz CT molecular complexity index is 514. The molecule has 0 saturated carbocycles. The summed E-state index contributed by atoms with van der Waals surface area (Å²) in [4.78, 5) is 23.7. The number of hydrogen-bond acceptors (Lipinski definition) is 4. The summed E-state index contributed by atoms with van der Waals surface area (Å²) in [7, 11) is 1.35. The van der Waals surface area contributed by atoms with Crippen LogP contribution in [0.3, 0.4) is 0 Å². The molecule has 0 aliphatic carbocycles. The highest BCUT2D eigenvalue weighted by Gasteiger charge is 2.21. The molecule has 5 nitrogen and oxygen atoms in total. The van der Waals surface area contributed by atoms with Crippen molar-refractivity contribution in [1.29, 1.82) is 0 Å². The molecule has 0 unspecified atom stereocenters. The van der Waals surface area contributed by atoms with Gasteiger partial charge in [-0.3, -0.25) is 4.79 Å². The van der Waals surface area contributed by atoms with Gasteiger partial charge in [0.15, 0.2) is 0 Å². The molecule has 0 aromatic heterocycles. The van der Waals surface area contributed by atoms with Crippen LogP contribution < -0.4 is 10.6 Å². The molecule has 1 amide bonds. The van der Waals surface area contributed by atoms with Crippen molar-refractivity contribution in [2.75, 3.05) is 19.0 Å². The number of esters is 1. The molecule has 0 bridgehead atoms. The minimum absolute atomic E-state index is 0. The lowest BCUT2D eigenvalue weighted by molar-refractivity contribution is -0.118. The van der Waals surface area contributed by atoms with Gasteiger partial charge in [0.1, 0.15) is 0 Å². The minimum Gasteiger partial charge on any atom is -0.465 e. The van der Waals surface area contributed by atoms with E-state index in [1.54, 1.807) is 18.2 Å². The maximum Gasteiger partial charge on any atom is 0.338 e. The van der Waals surface area contributed by atoms with Crippen molar-refractivity contribution in [2.24, 2.45) is 0 Å². The molecule has 6 heteroatoms. The molecule has 1 atom stereocenters. The Hall–Kier alpha value is -1.59. The van der Waals surface area contributed by atoms with Crippen molar-refractivity contribution in [1.82, 2.24) is 5.32 Å². The van der Waals surface area contributed by atoms with Crippen LogP contribution in [0.25, 0.3) is 0 Å². The number of ether oxygens (including phenoxy) is 1. The smallest absolute Gasteiger partial charge is 0.338 e. The van der Waals surface area contributed by atoms with Crippen LogP contribution in [0.1, 0.15) is 35.2 Å². The Morgan fingerprint density at radius 2 is 2.10 bits per heavy atom. The number of hydrogen-bond donors (Lipinski definition) is 2. The molecule has 0 radical (unpaired) electrons. The van der Waals surface area contributed by atoms with Gasteiger partial charge in [-0.2, -0.15) is 0 Å². The molecule has 1 aromatic rings. The predicted molar refractivity (Wildman–Crippen MR) is 84.0 cm³/mol. The van der Waals surface area contributed by atoms with E-state index in [0.717, 1.165) is 31.4 Å². The standard InChI is InChI=1S/C15H20N2O3.ClH/c1-10-6-7-11(9-12(10)15(19)20-2)17-14(18)13-5-3-4-8-16-13;/h6-7,9,13,16H,3-5,8H2,1-2H3,(H,17,18);1H/t13-;/m1./s1. The molecule has 2 rings (SSSR count). The third-order valence-corrected chi connectivity index (χ3v) is 3.54. The van der Waals surface area contributed by atoms with Gasteiger partial charge in [-0.25, -0.2) is 4.79 Å². The average molecular weight is 313 g/mol. The van der Waals surface area contributed by atoms with Crippen LogP contribution in [-0.4, -0.2) is 31.6 Å². The normalized spacial score (nSPS) is 17.5. The van der Waals surface area contributed by atoms with Gasteiger partial charge in [-0.05, 0) is 44.0 Å². The van der Waals surface area contributed by atoms with Gasteiger partial charge in [-0.15, -0.1) is 12.4 Å². The van der Waals surface area contributed by atoms with E-state index in [1.165, 1.54) is 7.11 Å². The van der Waals surface area contributed by atoms with E-state index < -0.39 is 5.97 Å². The summed E-state index contributed by atoms with van der Waals surface area (Å²) in [5, 5.41) is 6.04. The maximum atomic E-state index is 12.1. The van der Waals surface area contributed by atoms with E-state index in [4.69, 9.17) is 4.74 Å². The Morgan fingerprint density at radius 3 is 2.71 bits per heavy atom. The van der Waals surface area contributed by atoms with Crippen LogP contribution in [0.2, 0.25) is 0 Å². The summed E-state index contributed by atoms with van der Waals surface area (Å²) < 4.78 is 4.73. The molecule has 1 heterocycles. The second-order valence-corrected chi connectivity index (χ2v) is 5.01. The molecular weight excluding hydrogens is 292 g/mol. The number of amides is 1. The molecule has 1 aromatic carbocycles. The highest BCUT2D eigenvalue weighted by atomic mass is 35.5. The lowest BCUT2D eigenvalue weighted by atomic mass is 10.0. The number of anilines is 1. The Morgan fingerprint density at radius 1 is 1.33 bits per heavy atom. The number of methoxy groups -OCH3 is 1. The van der Waals surface area contributed by atoms with E-state index in [9.17, 15) is 9.59 Å². The van der Waals surface area contributed by atoms with Crippen molar-refractivity contribution in [3.05, 3.63) is 29.3 Å². The molecule has 116 valence electrons. The number of rotatable bonds is 3. The molecule has 1 aliphatic heterocycles.